The smallest absolute Gasteiger partial charge is 0.260 e. The maximum atomic E-state index is 15.7. The molecule has 0 bridgehead atoms. The van der Waals surface area contributed by atoms with Gasteiger partial charge in [0.05, 0.1) is 59.9 Å². The lowest BCUT2D eigenvalue weighted by Gasteiger charge is -2.50. The van der Waals surface area contributed by atoms with E-state index in [0.717, 1.165) is 29.3 Å². The second kappa shape index (κ2) is 16.7. The number of fused-ring (bicyclic) bond motifs is 4. The van der Waals surface area contributed by atoms with Gasteiger partial charge in [0.2, 0.25) is 11.8 Å². The Bertz CT molecular complexity index is 2690. The number of allylic oxidation sites excluding steroid dienone is 2. The summed E-state index contributed by atoms with van der Waals surface area (Å²) in [5, 5.41) is 13.7. The summed E-state index contributed by atoms with van der Waals surface area (Å²) in [6.07, 6.45) is 2.23. The first kappa shape index (κ1) is 41.7. The van der Waals surface area contributed by atoms with Crippen LogP contribution in [0.5, 0.6) is 17.2 Å². The molecule has 12 nitrogen and oxygen atoms in total. The number of benzene rings is 5. The summed E-state index contributed by atoms with van der Waals surface area (Å²) in [5.74, 6) is -5.29. The van der Waals surface area contributed by atoms with Crippen LogP contribution in [0.15, 0.2) is 127 Å². The number of carbonyl (C=O) groups excluding carboxylic acids is 4. The van der Waals surface area contributed by atoms with Crippen LogP contribution in [0.2, 0.25) is 10.0 Å². The van der Waals surface area contributed by atoms with E-state index < -0.39 is 46.8 Å². The number of halogens is 2. The van der Waals surface area contributed by atoms with Crippen molar-refractivity contribution in [3.05, 3.63) is 154 Å². The van der Waals surface area contributed by atoms with Crippen LogP contribution in [0, 0.1) is 23.7 Å². The molecule has 0 aromatic heterocycles. The van der Waals surface area contributed by atoms with Crippen LogP contribution in [0.3, 0.4) is 0 Å². The summed E-state index contributed by atoms with van der Waals surface area (Å²) < 4.78 is 17.2. The van der Waals surface area contributed by atoms with Crippen molar-refractivity contribution >= 4 is 63.9 Å². The fourth-order valence-corrected chi connectivity index (χ4v) is 11.1. The summed E-state index contributed by atoms with van der Waals surface area (Å²) in [7, 11) is 1.54. The number of phenolic OH excluding ortho intramolecular Hbond substituents is 1. The zero-order valence-corrected chi connectivity index (χ0v) is 36.3. The topological polar surface area (TPSA) is 138 Å². The molecule has 4 amide bonds. The molecule has 3 heterocycles. The van der Waals surface area contributed by atoms with E-state index in [9.17, 15) is 14.7 Å². The average molecular weight is 900 g/mol. The Morgan fingerprint density at radius 1 is 0.797 bits per heavy atom. The van der Waals surface area contributed by atoms with Crippen molar-refractivity contribution in [3.63, 3.8) is 0 Å². The van der Waals surface area contributed by atoms with Crippen molar-refractivity contribution in [2.24, 2.45) is 23.7 Å². The number of morpholine rings is 1. The number of nitrogens with one attached hydrogen (secondary N) is 1. The Balaban J connectivity index is 1.09. The van der Waals surface area contributed by atoms with Crippen LogP contribution >= 0.6 is 23.2 Å². The molecular weight excluding hydrogens is 855 g/mol. The molecule has 0 spiro atoms. The number of hydrogen-bond donors (Lipinski definition) is 2. The molecule has 3 saturated heterocycles. The van der Waals surface area contributed by atoms with Gasteiger partial charge < -0.3 is 24.2 Å². The van der Waals surface area contributed by atoms with E-state index in [-0.39, 0.29) is 47.7 Å². The molecule has 14 heteroatoms. The predicted molar refractivity (Wildman–Crippen MR) is 241 cm³/mol. The van der Waals surface area contributed by atoms with Gasteiger partial charge in [-0.25, -0.2) is 0 Å². The molecule has 1 saturated carbocycles. The highest BCUT2D eigenvalue weighted by Crippen LogP contribution is 2.65. The molecular formula is C50H44Cl2N4O8. The summed E-state index contributed by atoms with van der Waals surface area (Å²) in [6, 6.07) is 33.8. The molecule has 326 valence electrons. The van der Waals surface area contributed by atoms with Crippen LogP contribution in [0.1, 0.15) is 35.4 Å². The van der Waals surface area contributed by atoms with Gasteiger partial charge in [-0.15, -0.1) is 0 Å². The fraction of sp³-hybridized carbons (Fsp3) is 0.280. The third-order valence-corrected chi connectivity index (χ3v) is 14.2. The van der Waals surface area contributed by atoms with Gasteiger partial charge in [-0.3, -0.25) is 29.5 Å². The molecule has 5 aromatic carbocycles. The molecule has 2 N–H and O–H groups in total. The number of hydrazine groups is 1. The van der Waals surface area contributed by atoms with Crippen molar-refractivity contribution in [1.82, 2.24) is 5.01 Å². The zero-order valence-electron chi connectivity index (χ0n) is 34.8. The lowest BCUT2D eigenvalue weighted by molar-refractivity contribution is -0.138. The molecule has 5 aromatic rings. The number of aromatic hydroxyl groups is 1. The number of hydrogen-bond acceptors (Lipinski definition) is 10. The molecule has 10 rings (SSSR count). The van der Waals surface area contributed by atoms with Gasteiger partial charge in [0.15, 0.2) is 0 Å². The van der Waals surface area contributed by atoms with E-state index in [1.54, 1.807) is 67.8 Å². The molecule has 4 fully saturated rings. The summed E-state index contributed by atoms with van der Waals surface area (Å²) >= 11 is 12.9. The minimum absolute atomic E-state index is 0.0640. The SMILES string of the molecule is COc1ccc(C23C(=O)N(Nc4ccc(Cl)cc4Cl)C(=O)C2CC2C(=CCC4C(=O)N(c5ccc(N6CCOCC6)cc5)C(=O)C42)C3c2ccc(OCc3ccccc3)cc2O)cc1. The first-order valence-electron chi connectivity index (χ1n) is 21.3. The maximum absolute atomic E-state index is 15.7. The first-order valence-corrected chi connectivity index (χ1v) is 22.1. The Labute approximate surface area is 379 Å². The highest BCUT2D eigenvalue weighted by Gasteiger charge is 2.70. The quantitative estimate of drug-likeness (QED) is 0.104. The van der Waals surface area contributed by atoms with Crippen molar-refractivity contribution < 1.29 is 38.5 Å². The second-order valence-electron chi connectivity index (χ2n) is 16.8. The van der Waals surface area contributed by atoms with Crippen molar-refractivity contribution in [1.29, 1.82) is 0 Å². The molecule has 0 radical (unpaired) electrons. The van der Waals surface area contributed by atoms with Gasteiger partial charge in [0.1, 0.15) is 23.9 Å². The van der Waals surface area contributed by atoms with Gasteiger partial charge in [-0.05, 0) is 90.6 Å². The predicted octanol–water partition coefficient (Wildman–Crippen LogP) is 8.31. The van der Waals surface area contributed by atoms with Gasteiger partial charge in [-0.1, -0.05) is 83.4 Å². The average Bonchev–Trinajstić information content (AvgIpc) is 3.70. The Hall–Kier alpha value is -6.34. The van der Waals surface area contributed by atoms with Crippen LogP contribution in [-0.4, -0.2) is 67.2 Å². The molecule has 2 aliphatic carbocycles. The summed E-state index contributed by atoms with van der Waals surface area (Å²) in [4.78, 5) is 63.8. The monoisotopic (exact) mass is 898 g/mol. The largest absolute Gasteiger partial charge is 0.508 e. The number of ether oxygens (including phenoxy) is 3. The van der Waals surface area contributed by atoms with E-state index in [2.05, 4.69) is 10.3 Å². The number of rotatable bonds is 10. The number of imide groups is 2. The highest BCUT2D eigenvalue weighted by atomic mass is 35.5. The highest BCUT2D eigenvalue weighted by molar-refractivity contribution is 6.36. The molecule has 6 unspecified atom stereocenters. The molecule has 5 aliphatic rings. The molecule has 64 heavy (non-hydrogen) atoms. The third-order valence-electron chi connectivity index (χ3n) is 13.6. The maximum Gasteiger partial charge on any atom is 0.260 e. The minimum Gasteiger partial charge on any atom is -0.508 e. The van der Waals surface area contributed by atoms with E-state index in [4.69, 9.17) is 37.4 Å². The third kappa shape index (κ3) is 6.86. The molecule has 3 aliphatic heterocycles. The number of nitrogens with zero attached hydrogens (tertiary/aromatic N) is 3. The summed E-state index contributed by atoms with van der Waals surface area (Å²) in [5.41, 5.74) is 5.57. The summed E-state index contributed by atoms with van der Waals surface area (Å²) in [6.45, 7) is 2.96. The van der Waals surface area contributed by atoms with Gasteiger partial charge >= 0.3 is 0 Å². The standard InChI is InChI=1S/C50H44Cl2N4O8/c1-62-34-14-7-30(8-15-34)50-40(47(59)56(49(50)61)53-42-20-9-31(51)25-41(42)52)27-39-36(45(50)37-17-16-35(26-43(37)57)64-28-29-5-3-2-4-6-29)18-19-38-44(39)48(60)55(46(38)58)33-12-10-32(11-13-33)54-21-23-63-24-22-54/h2-18,20,25-26,38-40,44-45,53,57H,19,21-24,27-28H2,1H3. The lowest BCUT2D eigenvalue weighted by atomic mass is 9.49. The van der Waals surface area contributed by atoms with E-state index >= 15 is 9.59 Å². The van der Waals surface area contributed by atoms with Gasteiger partial charge in [-0.2, -0.15) is 5.01 Å². The van der Waals surface area contributed by atoms with Crippen molar-refractivity contribution in [3.8, 4) is 17.2 Å². The Morgan fingerprint density at radius 3 is 2.22 bits per heavy atom. The van der Waals surface area contributed by atoms with E-state index in [1.807, 2.05) is 48.5 Å². The fourth-order valence-electron chi connectivity index (χ4n) is 10.7. The number of phenols is 1. The van der Waals surface area contributed by atoms with Crippen LogP contribution < -0.4 is 24.7 Å². The number of anilines is 3. The van der Waals surface area contributed by atoms with Crippen LogP contribution in [0.25, 0.3) is 0 Å². The van der Waals surface area contributed by atoms with Crippen LogP contribution in [0.4, 0.5) is 17.1 Å². The van der Waals surface area contributed by atoms with E-state index in [0.29, 0.717) is 52.1 Å². The van der Waals surface area contributed by atoms with Gasteiger partial charge in [0.25, 0.3) is 11.8 Å². The minimum atomic E-state index is -1.66. The number of carbonyl (C=O) groups is 4. The molecule has 6 atom stereocenters. The first-order chi connectivity index (χ1) is 31.1. The van der Waals surface area contributed by atoms with E-state index in [1.165, 1.54) is 17.0 Å². The van der Waals surface area contributed by atoms with Crippen molar-refractivity contribution in [2.75, 3.05) is 48.6 Å². The lowest BCUT2D eigenvalue weighted by Crippen LogP contribution is -2.53. The Morgan fingerprint density at radius 2 is 1.52 bits per heavy atom. The Kier molecular flexibility index (Phi) is 10.8. The number of methoxy groups -OCH3 is 1. The van der Waals surface area contributed by atoms with Gasteiger partial charge in [0, 0.05) is 41.3 Å². The van der Waals surface area contributed by atoms with Crippen molar-refractivity contribution in [2.45, 2.75) is 30.8 Å². The zero-order chi connectivity index (χ0) is 44.3. The van der Waals surface area contributed by atoms with Crippen LogP contribution in [-0.2, 0) is 35.9 Å². The second-order valence-corrected chi connectivity index (χ2v) is 17.7. The number of amides is 4. The normalized spacial score (nSPS) is 25.1.